The van der Waals surface area contributed by atoms with Crippen molar-refractivity contribution in [2.24, 2.45) is 0 Å². The van der Waals surface area contributed by atoms with Gasteiger partial charge in [0.2, 0.25) is 0 Å². The molecular weight excluding hydrogens is 226 g/mol. The van der Waals surface area contributed by atoms with Crippen LogP contribution in [0.2, 0.25) is 0 Å². The third-order valence-corrected chi connectivity index (χ3v) is 3.20. The summed E-state index contributed by atoms with van der Waals surface area (Å²) in [6.45, 7) is 1.52. The van der Waals surface area contributed by atoms with Crippen molar-refractivity contribution in [1.82, 2.24) is 15.6 Å². The molecule has 2 aromatic rings. The van der Waals surface area contributed by atoms with Crippen molar-refractivity contribution < 1.29 is 4.79 Å². The molecule has 94 valence electrons. The molecule has 1 fully saturated rings. The minimum absolute atomic E-state index is 0.0382. The number of carbonyl (C=O) groups is 1. The van der Waals surface area contributed by atoms with Gasteiger partial charge in [0.15, 0.2) is 0 Å². The quantitative estimate of drug-likeness (QED) is 0.699. The van der Waals surface area contributed by atoms with Crippen molar-refractivity contribution in [3.8, 4) is 0 Å². The smallest absolute Gasteiger partial charge is 0.267 e. The van der Waals surface area contributed by atoms with E-state index in [0.717, 1.165) is 17.4 Å². The summed E-state index contributed by atoms with van der Waals surface area (Å²) in [4.78, 5) is 15.0. The number of hydrogen-bond acceptors (Lipinski definition) is 2. The zero-order chi connectivity index (χ0) is 12.4. The average molecular weight is 243 g/mol. The Balaban J connectivity index is 1.57. The first-order valence-electron chi connectivity index (χ1n) is 6.42. The van der Waals surface area contributed by atoms with Gasteiger partial charge in [0, 0.05) is 30.0 Å². The second-order valence-electron chi connectivity index (χ2n) is 4.75. The first-order valence-corrected chi connectivity index (χ1v) is 6.42. The van der Waals surface area contributed by atoms with Crippen molar-refractivity contribution in [2.75, 3.05) is 13.1 Å². The van der Waals surface area contributed by atoms with Crippen LogP contribution in [0.5, 0.6) is 0 Å². The number of rotatable bonds is 5. The standard InChI is InChI=1S/C14H17N3O/c18-14(16-8-7-15-11-5-6-11)13-9-10-3-1-2-4-12(10)17-13/h1-4,9,11,15,17H,5-8H2,(H,16,18). The molecule has 3 rings (SSSR count). The largest absolute Gasteiger partial charge is 0.351 e. The highest BCUT2D eigenvalue weighted by Gasteiger charge is 2.19. The summed E-state index contributed by atoms with van der Waals surface area (Å²) < 4.78 is 0. The van der Waals surface area contributed by atoms with Crippen molar-refractivity contribution in [2.45, 2.75) is 18.9 Å². The predicted molar refractivity (Wildman–Crippen MR) is 71.7 cm³/mol. The van der Waals surface area contributed by atoms with Gasteiger partial charge in [0.1, 0.15) is 5.69 Å². The van der Waals surface area contributed by atoms with Gasteiger partial charge in [-0.25, -0.2) is 0 Å². The molecule has 1 aromatic carbocycles. The van der Waals surface area contributed by atoms with Crippen LogP contribution in [0.15, 0.2) is 30.3 Å². The number of aromatic amines is 1. The Labute approximate surface area is 106 Å². The molecule has 1 aromatic heterocycles. The summed E-state index contributed by atoms with van der Waals surface area (Å²) in [5.41, 5.74) is 1.63. The number of aromatic nitrogens is 1. The monoisotopic (exact) mass is 243 g/mol. The number of H-pyrrole nitrogens is 1. The van der Waals surface area contributed by atoms with Crippen LogP contribution in [0.1, 0.15) is 23.3 Å². The third-order valence-electron chi connectivity index (χ3n) is 3.20. The molecule has 0 aliphatic heterocycles. The molecule has 4 heteroatoms. The van der Waals surface area contributed by atoms with Crippen molar-refractivity contribution >= 4 is 16.8 Å². The number of fused-ring (bicyclic) bond motifs is 1. The number of benzene rings is 1. The highest BCUT2D eigenvalue weighted by atomic mass is 16.1. The van der Waals surface area contributed by atoms with E-state index in [0.29, 0.717) is 18.3 Å². The van der Waals surface area contributed by atoms with E-state index in [1.807, 2.05) is 30.3 Å². The molecule has 0 saturated heterocycles. The van der Waals surface area contributed by atoms with E-state index in [1.165, 1.54) is 12.8 Å². The Morgan fingerprint density at radius 1 is 1.28 bits per heavy atom. The minimum atomic E-state index is -0.0382. The fourth-order valence-corrected chi connectivity index (χ4v) is 2.03. The summed E-state index contributed by atoms with van der Waals surface area (Å²) in [6.07, 6.45) is 2.55. The van der Waals surface area contributed by atoms with Crippen LogP contribution in [-0.2, 0) is 0 Å². The minimum Gasteiger partial charge on any atom is -0.351 e. The maximum atomic E-state index is 11.9. The van der Waals surface area contributed by atoms with Crippen molar-refractivity contribution in [1.29, 1.82) is 0 Å². The van der Waals surface area contributed by atoms with Crippen LogP contribution in [0.4, 0.5) is 0 Å². The lowest BCUT2D eigenvalue weighted by Gasteiger charge is -2.04. The Kier molecular flexibility index (Phi) is 3.02. The van der Waals surface area contributed by atoms with E-state index in [9.17, 15) is 4.79 Å². The molecule has 1 aliphatic rings. The van der Waals surface area contributed by atoms with Gasteiger partial charge in [-0.15, -0.1) is 0 Å². The summed E-state index contributed by atoms with van der Waals surface area (Å²) in [7, 11) is 0. The van der Waals surface area contributed by atoms with Crippen LogP contribution in [0.3, 0.4) is 0 Å². The van der Waals surface area contributed by atoms with Gasteiger partial charge in [-0.3, -0.25) is 4.79 Å². The molecule has 0 atom stereocenters. The summed E-state index contributed by atoms with van der Waals surface area (Å²) in [5.74, 6) is -0.0382. The molecule has 18 heavy (non-hydrogen) atoms. The molecule has 3 N–H and O–H groups in total. The number of carbonyl (C=O) groups excluding carboxylic acids is 1. The first kappa shape index (κ1) is 11.3. The van der Waals surface area contributed by atoms with E-state index in [1.54, 1.807) is 0 Å². The topological polar surface area (TPSA) is 56.9 Å². The van der Waals surface area contributed by atoms with Crippen LogP contribution >= 0.6 is 0 Å². The molecule has 1 aliphatic carbocycles. The van der Waals surface area contributed by atoms with Gasteiger partial charge in [-0.1, -0.05) is 18.2 Å². The molecular formula is C14H17N3O. The van der Waals surface area contributed by atoms with Gasteiger partial charge in [-0.05, 0) is 25.0 Å². The van der Waals surface area contributed by atoms with Crippen LogP contribution in [0.25, 0.3) is 10.9 Å². The second-order valence-corrected chi connectivity index (χ2v) is 4.75. The molecule has 4 nitrogen and oxygen atoms in total. The van der Waals surface area contributed by atoms with E-state index >= 15 is 0 Å². The Morgan fingerprint density at radius 3 is 2.89 bits per heavy atom. The Hall–Kier alpha value is -1.81. The molecule has 1 saturated carbocycles. The molecule has 0 radical (unpaired) electrons. The number of para-hydroxylation sites is 1. The lowest BCUT2D eigenvalue weighted by molar-refractivity contribution is 0.0949. The highest BCUT2D eigenvalue weighted by Crippen LogP contribution is 2.18. The SMILES string of the molecule is O=C(NCCNC1CC1)c1cc2ccccc2[nH]1. The first-order chi connectivity index (χ1) is 8.83. The van der Waals surface area contributed by atoms with Crippen LogP contribution in [0, 0.1) is 0 Å². The highest BCUT2D eigenvalue weighted by molar-refractivity contribution is 5.97. The Morgan fingerprint density at radius 2 is 2.11 bits per heavy atom. The van der Waals surface area contributed by atoms with Gasteiger partial charge >= 0.3 is 0 Å². The van der Waals surface area contributed by atoms with E-state index in [4.69, 9.17) is 0 Å². The van der Waals surface area contributed by atoms with E-state index < -0.39 is 0 Å². The maximum absolute atomic E-state index is 11.9. The average Bonchev–Trinajstić information content (AvgIpc) is 3.10. The normalized spacial score (nSPS) is 14.9. The second kappa shape index (κ2) is 4.82. The van der Waals surface area contributed by atoms with Crippen LogP contribution in [-0.4, -0.2) is 30.0 Å². The van der Waals surface area contributed by atoms with Gasteiger partial charge in [0.05, 0.1) is 0 Å². The van der Waals surface area contributed by atoms with Gasteiger partial charge in [0.25, 0.3) is 5.91 Å². The number of hydrogen-bond donors (Lipinski definition) is 3. The zero-order valence-corrected chi connectivity index (χ0v) is 10.2. The fourth-order valence-electron chi connectivity index (χ4n) is 2.03. The van der Waals surface area contributed by atoms with E-state index in [2.05, 4.69) is 15.6 Å². The van der Waals surface area contributed by atoms with Crippen molar-refractivity contribution in [3.63, 3.8) is 0 Å². The third kappa shape index (κ3) is 2.54. The van der Waals surface area contributed by atoms with Gasteiger partial charge < -0.3 is 15.6 Å². The Bertz CT molecular complexity index is 524. The van der Waals surface area contributed by atoms with E-state index in [-0.39, 0.29) is 5.91 Å². The number of amides is 1. The number of nitrogens with one attached hydrogen (secondary N) is 3. The predicted octanol–water partition coefficient (Wildman–Crippen LogP) is 1.65. The molecule has 0 spiro atoms. The van der Waals surface area contributed by atoms with Crippen LogP contribution < -0.4 is 10.6 Å². The lowest BCUT2D eigenvalue weighted by Crippen LogP contribution is -2.32. The molecule has 0 unspecified atom stereocenters. The molecule has 0 bridgehead atoms. The molecule has 1 heterocycles. The lowest BCUT2D eigenvalue weighted by atomic mass is 10.2. The molecule has 1 amide bonds. The summed E-state index contributed by atoms with van der Waals surface area (Å²) in [6, 6.07) is 10.5. The fraction of sp³-hybridized carbons (Fsp3) is 0.357. The zero-order valence-electron chi connectivity index (χ0n) is 10.2. The summed E-state index contributed by atoms with van der Waals surface area (Å²) in [5, 5.41) is 7.34. The van der Waals surface area contributed by atoms with Gasteiger partial charge in [-0.2, -0.15) is 0 Å². The van der Waals surface area contributed by atoms with Crippen molar-refractivity contribution in [3.05, 3.63) is 36.0 Å². The maximum Gasteiger partial charge on any atom is 0.267 e. The summed E-state index contributed by atoms with van der Waals surface area (Å²) >= 11 is 0.